The van der Waals surface area contributed by atoms with Gasteiger partial charge in [0, 0.05) is 17.0 Å². The average molecular weight is 454 g/mol. The Bertz CT molecular complexity index is 736. The molecule has 0 saturated heterocycles. The highest BCUT2D eigenvalue weighted by molar-refractivity contribution is 14.0. The highest BCUT2D eigenvalue weighted by Crippen LogP contribution is 2.40. The number of aromatic nitrogens is 1. The predicted octanol–water partition coefficient (Wildman–Crippen LogP) is 4.44. The molecule has 0 atom stereocenters. The molecule has 0 aliphatic heterocycles. The van der Waals surface area contributed by atoms with Gasteiger partial charge in [-0.05, 0) is 55.7 Å². The van der Waals surface area contributed by atoms with E-state index in [1.165, 1.54) is 48.9 Å². The maximum Gasteiger partial charge on any atom is 0.193 e. The van der Waals surface area contributed by atoms with Crippen molar-refractivity contribution < 1.29 is 0 Å². The third-order valence-corrected chi connectivity index (χ3v) is 5.46. The van der Waals surface area contributed by atoms with Crippen LogP contribution in [0.1, 0.15) is 53.4 Å². The number of thiazole rings is 1. The maximum atomic E-state index is 6.08. The van der Waals surface area contributed by atoms with Crippen LogP contribution in [0.5, 0.6) is 0 Å². The summed E-state index contributed by atoms with van der Waals surface area (Å²) in [6, 6.07) is 6.42. The van der Waals surface area contributed by atoms with Gasteiger partial charge in [0.1, 0.15) is 5.01 Å². The Morgan fingerprint density at radius 3 is 2.96 bits per heavy atom. The normalized spacial score (nSPS) is 17.1. The molecule has 2 aliphatic rings. The zero-order valence-corrected chi connectivity index (χ0v) is 16.8. The number of aryl methyl sites for hydroxylation is 1. The number of hydrogen-bond acceptors (Lipinski definition) is 3. The number of halogens is 1. The molecule has 0 radical (unpaired) electrons. The van der Waals surface area contributed by atoms with Gasteiger partial charge in [-0.15, -0.1) is 35.3 Å². The van der Waals surface area contributed by atoms with Gasteiger partial charge in [0.15, 0.2) is 5.96 Å². The first-order chi connectivity index (χ1) is 11.3. The smallest absolute Gasteiger partial charge is 0.193 e. The number of nitrogens with one attached hydrogen (secondary N) is 1. The van der Waals surface area contributed by atoms with Crippen LogP contribution < -0.4 is 11.1 Å². The summed E-state index contributed by atoms with van der Waals surface area (Å²) in [6.07, 6.45) is 7.41. The summed E-state index contributed by atoms with van der Waals surface area (Å²) < 4.78 is 0. The SMILES string of the molecule is I.NC(=NCc1nc(C2CC2)cs1)Nc1cccc2c1CCCC2. The van der Waals surface area contributed by atoms with Gasteiger partial charge < -0.3 is 11.1 Å². The molecular weight excluding hydrogens is 431 g/mol. The van der Waals surface area contributed by atoms with E-state index in [9.17, 15) is 0 Å². The first-order valence-corrected chi connectivity index (χ1v) is 9.29. The van der Waals surface area contributed by atoms with Crippen molar-refractivity contribution in [3.8, 4) is 0 Å². The van der Waals surface area contributed by atoms with Crippen molar-refractivity contribution in [3.63, 3.8) is 0 Å². The third-order valence-electron chi connectivity index (χ3n) is 4.61. The molecule has 0 unspecified atom stereocenters. The van der Waals surface area contributed by atoms with Crippen LogP contribution in [0.15, 0.2) is 28.6 Å². The van der Waals surface area contributed by atoms with E-state index >= 15 is 0 Å². The number of nitrogens with two attached hydrogens (primary N) is 1. The first kappa shape index (κ1) is 17.7. The Hall–Kier alpha value is -1.15. The minimum atomic E-state index is 0. The van der Waals surface area contributed by atoms with E-state index in [4.69, 9.17) is 5.73 Å². The summed E-state index contributed by atoms with van der Waals surface area (Å²) >= 11 is 1.69. The lowest BCUT2D eigenvalue weighted by Crippen LogP contribution is -2.24. The molecule has 0 spiro atoms. The topological polar surface area (TPSA) is 63.3 Å². The summed E-state index contributed by atoms with van der Waals surface area (Å²) in [6.45, 7) is 0.561. The lowest BCUT2D eigenvalue weighted by atomic mass is 9.90. The standard InChI is InChI=1S/C18H22N4S.HI/c19-18(20-10-17-21-16(11-23-17)13-8-9-13)22-15-7-3-5-12-4-1-2-6-14(12)15;/h3,5,7,11,13H,1-2,4,6,8-10H2,(H3,19,20,22);1H. The quantitative estimate of drug-likeness (QED) is 0.408. The number of benzene rings is 1. The fraction of sp³-hybridized carbons (Fsp3) is 0.444. The Labute approximate surface area is 164 Å². The number of fused-ring (bicyclic) bond motifs is 1. The fourth-order valence-corrected chi connectivity index (χ4v) is 3.99. The van der Waals surface area contributed by atoms with E-state index < -0.39 is 0 Å². The number of aliphatic imine (C=N–C) groups is 1. The van der Waals surface area contributed by atoms with Crippen molar-refractivity contribution in [3.05, 3.63) is 45.4 Å². The molecule has 1 fully saturated rings. The summed E-state index contributed by atoms with van der Waals surface area (Å²) in [7, 11) is 0. The van der Waals surface area contributed by atoms with E-state index in [0.717, 1.165) is 17.1 Å². The molecule has 24 heavy (non-hydrogen) atoms. The molecule has 3 N–H and O–H groups in total. The highest BCUT2D eigenvalue weighted by Gasteiger charge is 2.25. The van der Waals surface area contributed by atoms with E-state index in [0.29, 0.717) is 18.4 Å². The van der Waals surface area contributed by atoms with Crippen molar-refractivity contribution >= 4 is 47.0 Å². The van der Waals surface area contributed by atoms with Crippen molar-refractivity contribution in [1.82, 2.24) is 4.98 Å². The van der Waals surface area contributed by atoms with Gasteiger partial charge in [-0.25, -0.2) is 9.98 Å². The van der Waals surface area contributed by atoms with Crippen molar-refractivity contribution in [2.24, 2.45) is 10.7 Å². The van der Waals surface area contributed by atoms with E-state index in [2.05, 4.69) is 38.9 Å². The lowest BCUT2D eigenvalue weighted by molar-refractivity contribution is 0.687. The Morgan fingerprint density at radius 2 is 2.12 bits per heavy atom. The molecule has 2 aliphatic carbocycles. The van der Waals surface area contributed by atoms with E-state index in [1.54, 1.807) is 11.3 Å². The molecule has 1 saturated carbocycles. The minimum Gasteiger partial charge on any atom is -0.370 e. The number of rotatable bonds is 4. The molecule has 0 bridgehead atoms. The van der Waals surface area contributed by atoms with Crippen LogP contribution in [0, 0.1) is 0 Å². The zero-order valence-electron chi connectivity index (χ0n) is 13.6. The van der Waals surface area contributed by atoms with E-state index in [1.807, 2.05) is 0 Å². The van der Waals surface area contributed by atoms with Crippen molar-refractivity contribution in [2.75, 3.05) is 5.32 Å². The van der Waals surface area contributed by atoms with Crippen LogP contribution in [0.3, 0.4) is 0 Å². The predicted molar refractivity (Wildman–Crippen MR) is 112 cm³/mol. The molecule has 2 aromatic rings. The van der Waals surface area contributed by atoms with Crippen LogP contribution in [-0.4, -0.2) is 10.9 Å². The second kappa shape index (κ2) is 7.82. The van der Waals surface area contributed by atoms with E-state index in [-0.39, 0.29) is 24.0 Å². The summed E-state index contributed by atoms with van der Waals surface area (Å²) in [5, 5.41) is 6.50. The molecule has 1 aromatic heterocycles. The maximum absolute atomic E-state index is 6.08. The number of hydrogen-bond donors (Lipinski definition) is 2. The second-order valence-corrected chi connectivity index (χ2v) is 7.36. The number of guanidine groups is 1. The molecule has 4 nitrogen and oxygen atoms in total. The monoisotopic (exact) mass is 454 g/mol. The molecule has 6 heteroatoms. The molecule has 1 heterocycles. The van der Waals surface area contributed by atoms with Crippen LogP contribution in [0.25, 0.3) is 0 Å². The number of anilines is 1. The molecular formula is C18H23IN4S. The molecule has 0 amide bonds. The fourth-order valence-electron chi connectivity index (χ4n) is 3.19. The van der Waals surface area contributed by atoms with Gasteiger partial charge >= 0.3 is 0 Å². The molecule has 128 valence electrons. The lowest BCUT2D eigenvalue weighted by Gasteiger charge is -2.19. The summed E-state index contributed by atoms with van der Waals surface area (Å²) in [4.78, 5) is 9.11. The van der Waals surface area contributed by atoms with Crippen LogP contribution in [-0.2, 0) is 19.4 Å². The van der Waals surface area contributed by atoms with Gasteiger partial charge in [0.05, 0.1) is 12.2 Å². The van der Waals surface area contributed by atoms with Gasteiger partial charge in [-0.1, -0.05) is 12.1 Å². The molecule has 4 rings (SSSR count). The highest BCUT2D eigenvalue weighted by atomic mass is 127. The second-order valence-electron chi connectivity index (χ2n) is 6.42. The van der Waals surface area contributed by atoms with Crippen molar-refractivity contribution in [2.45, 2.75) is 51.0 Å². The van der Waals surface area contributed by atoms with Gasteiger partial charge in [0.2, 0.25) is 0 Å². The third kappa shape index (κ3) is 4.08. The number of nitrogens with zero attached hydrogens (tertiary/aromatic N) is 2. The van der Waals surface area contributed by atoms with Crippen LogP contribution in [0.4, 0.5) is 5.69 Å². The largest absolute Gasteiger partial charge is 0.370 e. The summed E-state index contributed by atoms with van der Waals surface area (Å²) in [5.41, 5.74) is 11.3. The van der Waals surface area contributed by atoms with Crippen LogP contribution >= 0.6 is 35.3 Å². The first-order valence-electron chi connectivity index (χ1n) is 8.41. The average Bonchev–Trinajstić information content (AvgIpc) is 3.32. The van der Waals surface area contributed by atoms with Gasteiger partial charge in [-0.3, -0.25) is 0 Å². The minimum absolute atomic E-state index is 0. The summed E-state index contributed by atoms with van der Waals surface area (Å²) in [5.74, 6) is 1.18. The Morgan fingerprint density at radius 1 is 1.29 bits per heavy atom. The van der Waals surface area contributed by atoms with Crippen molar-refractivity contribution in [1.29, 1.82) is 0 Å². The zero-order chi connectivity index (χ0) is 15.6. The Balaban J connectivity index is 0.00000169. The van der Waals surface area contributed by atoms with Crippen LogP contribution in [0.2, 0.25) is 0 Å². The van der Waals surface area contributed by atoms with Gasteiger partial charge in [0.25, 0.3) is 0 Å². The molecule has 1 aromatic carbocycles. The Kier molecular flexibility index (Phi) is 5.76. The van der Waals surface area contributed by atoms with Gasteiger partial charge in [-0.2, -0.15) is 0 Å².